The summed E-state index contributed by atoms with van der Waals surface area (Å²) in [6.45, 7) is -0.0201. The highest BCUT2D eigenvalue weighted by atomic mass is 35.5. The van der Waals surface area contributed by atoms with Crippen molar-refractivity contribution in [1.29, 1.82) is 0 Å². The summed E-state index contributed by atoms with van der Waals surface area (Å²) in [6.07, 6.45) is -0.441. The second-order valence-corrected chi connectivity index (χ2v) is 7.77. The summed E-state index contributed by atoms with van der Waals surface area (Å²) in [5.74, 6) is -1.76. The van der Waals surface area contributed by atoms with Crippen molar-refractivity contribution < 1.29 is 22.7 Å². The van der Waals surface area contributed by atoms with Crippen LogP contribution in [0.25, 0.3) is 0 Å². The summed E-state index contributed by atoms with van der Waals surface area (Å²) >= 11 is 5.82. The highest BCUT2D eigenvalue weighted by Crippen LogP contribution is 2.42. The number of nitrogens with zero attached hydrogens (tertiary/aromatic N) is 1. The summed E-state index contributed by atoms with van der Waals surface area (Å²) in [6, 6.07) is 8.95. The third-order valence-corrected chi connectivity index (χ3v) is 6.07. The van der Waals surface area contributed by atoms with Gasteiger partial charge in [-0.3, -0.25) is 4.79 Å². The molecule has 0 amide bonds. The largest absolute Gasteiger partial charge is 0.481 e. The molecular formula is C16H13ClFNO4S. The monoisotopic (exact) mass is 369 g/mol. The Morgan fingerprint density at radius 3 is 2.50 bits per heavy atom. The lowest BCUT2D eigenvalue weighted by Crippen LogP contribution is -2.29. The van der Waals surface area contributed by atoms with Crippen LogP contribution in [-0.2, 0) is 21.4 Å². The zero-order valence-electron chi connectivity index (χ0n) is 12.3. The third-order valence-electron chi connectivity index (χ3n) is 3.88. The van der Waals surface area contributed by atoms with Crippen molar-refractivity contribution in [2.24, 2.45) is 0 Å². The Balaban J connectivity index is 2.05. The second-order valence-electron chi connectivity index (χ2n) is 5.47. The molecule has 1 N–H and O–H groups in total. The normalized spacial score (nSPS) is 19.2. The van der Waals surface area contributed by atoms with Gasteiger partial charge in [-0.2, -0.15) is 4.31 Å². The average molecular weight is 370 g/mol. The SMILES string of the molecule is O=C(O)C[C@H]1c2cc(F)ccc2S(=O)(=O)N1Cc1ccc(Cl)cc1. The van der Waals surface area contributed by atoms with E-state index in [9.17, 15) is 17.6 Å². The number of hydrogen-bond donors (Lipinski definition) is 1. The number of rotatable bonds is 4. The molecule has 0 unspecified atom stereocenters. The first-order valence-electron chi connectivity index (χ1n) is 7.06. The number of hydrogen-bond acceptors (Lipinski definition) is 3. The minimum atomic E-state index is -3.90. The summed E-state index contributed by atoms with van der Waals surface area (Å²) < 4.78 is 40.1. The van der Waals surface area contributed by atoms with Gasteiger partial charge in [-0.15, -0.1) is 0 Å². The maximum Gasteiger partial charge on any atom is 0.305 e. The molecule has 3 rings (SSSR count). The Labute approximate surface area is 143 Å². The van der Waals surface area contributed by atoms with Crippen molar-refractivity contribution in [2.75, 3.05) is 0 Å². The lowest BCUT2D eigenvalue weighted by molar-refractivity contribution is -0.138. The van der Waals surface area contributed by atoms with Crippen LogP contribution >= 0.6 is 11.6 Å². The van der Waals surface area contributed by atoms with Gasteiger partial charge >= 0.3 is 5.97 Å². The Morgan fingerprint density at radius 1 is 1.21 bits per heavy atom. The van der Waals surface area contributed by atoms with Gasteiger partial charge in [0.25, 0.3) is 0 Å². The standard InChI is InChI=1S/C16H13ClFNO4S/c17-11-3-1-10(2-4-11)9-19-14(8-16(20)21)13-7-12(18)5-6-15(13)24(19,22)23/h1-7,14H,8-9H2,(H,20,21)/t14-/m0/s1. The van der Waals surface area contributed by atoms with Crippen LogP contribution in [0.4, 0.5) is 4.39 Å². The van der Waals surface area contributed by atoms with E-state index in [1.54, 1.807) is 24.3 Å². The van der Waals surface area contributed by atoms with E-state index < -0.39 is 34.3 Å². The molecule has 0 aromatic heterocycles. The number of carboxylic acids is 1. The fourth-order valence-corrected chi connectivity index (χ4v) is 4.76. The number of carbonyl (C=O) groups is 1. The molecule has 5 nitrogen and oxygen atoms in total. The van der Waals surface area contributed by atoms with E-state index in [1.807, 2.05) is 0 Å². The molecule has 24 heavy (non-hydrogen) atoms. The lowest BCUT2D eigenvalue weighted by atomic mass is 10.0. The number of aliphatic carboxylic acids is 1. The predicted molar refractivity (Wildman–Crippen MR) is 85.6 cm³/mol. The van der Waals surface area contributed by atoms with Crippen LogP contribution in [-0.4, -0.2) is 23.8 Å². The van der Waals surface area contributed by atoms with E-state index in [1.165, 1.54) is 6.07 Å². The van der Waals surface area contributed by atoms with Crippen LogP contribution in [0.5, 0.6) is 0 Å². The minimum Gasteiger partial charge on any atom is -0.481 e. The molecule has 126 valence electrons. The first-order chi connectivity index (χ1) is 11.3. The van der Waals surface area contributed by atoms with Crippen molar-refractivity contribution in [3.05, 3.63) is 64.4 Å². The molecule has 1 atom stereocenters. The van der Waals surface area contributed by atoms with Gasteiger partial charge in [-0.1, -0.05) is 23.7 Å². The molecule has 0 saturated carbocycles. The van der Waals surface area contributed by atoms with Gasteiger partial charge in [0, 0.05) is 11.6 Å². The van der Waals surface area contributed by atoms with E-state index in [2.05, 4.69) is 0 Å². The van der Waals surface area contributed by atoms with Gasteiger partial charge in [0.2, 0.25) is 10.0 Å². The van der Waals surface area contributed by atoms with Gasteiger partial charge < -0.3 is 5.11 Å². The molecule has 1 aliphatic heterocycles. The number of sulfonamides is 1. The summed E-state index contributed by atoms with van der Waals surface area (Å²) in [5.41, 5.74) is 0.831. The molecular weight excluding hydrogens is 357 g/mol. The Hall–Kier alpha value is -1.96. The van der Waals surface area contributed by atoms with E-state index in [4.69, 9.17) is 16.7 Å². The average Bonchev–Trinajstić information content (AvgIpc) is 2.70. The zero-order chi connectivity index (χ0) is 17.5. The second kappa shape index (κ2) is 6.16. The molecule has 1 aliphatic rings. The highest BCUT2D eigenvalue weighted by Gasteiger charge is 2.43. The molecule has 2 aromatic carbocycles. The first kappa shape index (κ1) is 16.9. The molecule has 8 heteroatoms. The van der Waals surface area contributed by atoms with E-state index in [-0.39, 0.29) is 17.0 Å². The number of carboxylic acid groups (broad SMARTS) is 1. The lowest BCUT2D eigenvalue weighted by Gasteiger charge is -2.22. The van der Waals surface area contributed by atoms with Crippen molar-refractivity contribution in [2.45, 2.75) is 23.9 Å². The Bertz CT molecular complexity index is 899. The van der Waals surface area contributed by atoms with Crippen LogP contribution in [0.3, 0.4) is 0 Å². The smallest absolute Gasteiger partial charge is 0.305 e. The molecule has 0 aliphatic carbocycles. The van der Waals surface area contributed by atoms with Crippen molar-refractivity contribution >= 4 is 27.6 Å². The number of fused-ring (bicyclic) bond motifs is 1. The summed E-state index contributed by atoms with van der Waals surface area (Å²) in [7, 11) is -3.90. The van der Waals surface area contributed by atoms with Crippen molar-refractivity contribution in [1.82, 2.24) is 4.31 Å². The van der Waals surface area contributed by atoms with Crippen LogP contribution in [0.1, 0.15) is 23.6 Å². The maximum absolute atomic E-state index is 13.5. The van der Waals surface area contributed by atoms with Gasteiger partial charge in [0.1, 0.15) is 5.82 Å². The fraction of sp³-hybridized carbons (Fsp3) is 0.188. The molecule has 0 bridgehead atoms. The molecule has 2 aromatic rings. The van der Waals surface area contributed by atoms with E-state index in [0.29, 0.717) is 10.6 Å². The molecule has 0 saturated heterocycles. The molecule has 1 heterocycles. The Morgan fingerprint density at radius 2 is 1.88 bits per heavy atom. The van der Waals surface area contributed by atoms with Gasteiger partial charge in [0.05, 0.1) is 17.4 Å². The molecule has 0 radical (unpaired) electrons. The quantitative estimate of drug-likeness (QED) is 0.898. The van der Waals surface area contributed by atoms with Crippen LogP contribution in [0, 0.1) is 5.82 Å². The zero-order valence-corrected chi connectivity index (χ0v) is 13.9. The van der Waals surface area contributed by atoms with E-state index >= 15 is 0 Å². The number of benzene rings is 2. The summed E-state index contributed by atoms with van der Waals surface area (Å²) in [5, 5.41) is 9.64. The molecule has 0 spiro atoms. The van der Waals surface area contributed by atoms with Crippen molar-refractivity contribution in [3.63, 3.8) is 0 Å². The fourth-order valence-electron chi connectivity index (χ4n) is 2.81. The Kier molecular flexibility index (Phi) is 4.33. The highest BCUT2D eigenvalue weighted by molar-refractivity contribution is 7.89. The van der Waals surface area contributed by atoms with Crippen LogP contribution < -0.4 is 0 Å². The topological polar surface area (TPSA) is 74.7 Å². The van der Waals surface area contributed by atoms with Crippen molar-refractivity contribution in [3.8, 4) is 0 Å². The minimum absolute atomic E-state index is 0.0201. The summed E-state index contributed by atoms with van der Waals surface area (Å²) in [4.78, 5) is 11.1. The van der Waals surface area contributed by atoms with Crippen LogP contribution in [0.2, 0.25) is 5.02 Å². The van der Waals surface area contributed by atoms with Crippen LogP contribution in [0.15, 0.2) is 47.4 Å². The van der Waals surface area contributed by atoms with Gasteiger partial charge in [-0.25, -0.2) is 12.8 Å². The first-order valence-corrected chi connectivity index (χ1v) is 8.88. The third kappa shape index (κ3) is 3.02. The molecule has 0 fully saturated rings. The van der Waals surface area contributed by atoms with Gasteiger partial charge in [0.15, 0.2) is 0 Å². The predicted octanol–water partition coefficient (Wildman–Crippen LogP) is 3.20. The number of halogens is 2. The van der Waals surface area contributed by atoms with E-state index in [0.717, 1.165) is 16.4 Å². The maximum atomic E-state index is 13.5. The van der Waals surface area contributed by atoms with Gasteiger partial charge in [-0.05, 0) is 41.5 Å².